The zero-order valence-corrected chi connectivity index (χ0v) is 15.6. The Morgan fingerprint density at radius 1 is 1.27 bits per heavy atom. The molecule has 140 valence electrons. The van der Waals surface area contributed by atoms with Crippen LogP contribution in [-0.2, 0) is 4.79 Å². The van der Waals surface area contributed by atoms with Crippen molar-refractivity contribution in [3.05, 3.63) is 29.7 Å². The highest BCUT2D eigenvalue weighted by Crippen LogP contribution is 2.08. The molecule has 0 aliphatic carbocycles. The van der Waals surface area contributed by atoms with Gasteiger partial charge in [0, 0.05) is 43.6 Å². The van der Waals surface area contributed by atoms with Gasteiger partial charge in [0.1, 0.15) is 0 Å². The lowest BCUT2D eigenvalue weighted by atomic mass is 10.1. The first-order valence-electron chi connectivity index (χ1n) is 8.97. The summed E-state index contributed by atoms with van der Waals surface area (Å²) in [6.07, 6.45) is 5.38. The predicted molar refractivity (Wildman–Crippen MR) is 98.0 cm³/mol. The lowest BCUT2D eigenvalue weighted by Crippen LogP contribution is -2.52. The first-order chi connectivity index (χ1) is 12.3. The van der Waals surface area contributed by atoms with E-state index in [0.29, 0.717) is 17.8 Å². The molecular formula is C18H26N6O2. The zero-order chi connectivity index (χ0) is 18.7. The minimum atomic E-state index is -0.398. The highest BCUT2D eigenvalue weighted by Gasteiger charge is 2.23. The van der Waals surface area contributed by atoms with Crippen LogP contribution in [0.15, 0.2) is 18.5 Å². The Morgan fingerprint density at radius 2 is 2.00 bits per heavy atom. The van der Waals surface area contributed by atoms with Crippen LogP contribution in [0.2, 0.25) is 0 Å². The van der Waals surface area contributed by atoms with E-state index in [4.69, 9.17) is 0 Å². The fraction of sp³-hybridized carbons (Fsp3) is 0.556. The van der Waals surface area contributed by atoms with Crippen molar-refractivity contribution in [2.24, 2.45) is 0 Å². The van der Waals surface area contributed by atoms with E-state index in [2.05, 4.69) is 20.7 Å². The SMILES string of the molecule is Cc1cc2ncc(C(=O)NCC(C)(C)NCC(=O)N3CCCC3)cn2n1. The van der Waals surface area contributed by atoms with E-state index >= 15 is 0 Å². The molecule has 0 radical (unpaired) electrons. The number of carbonyl (C=O) groups is 2. The largest absolute Gasteiger partial charge is 0.350 e. The molecule has 2 aromatic heterocycles. The Hall–Kier alpha value is -2.48. The van der Waals surface area contributed by atoms with Gasteiger partial charge in [0.05, 0.1) is 17.8 Å². The molecule has 1 aliphatic heterocycles. The Kier molecular flexibility index (Phi) is 5.22. The van der Waals surface area contributed by atoms with Crippen LogP contribution in [0.4, 0.5) is 0 Å². The summed E-state index contributed by atoms with van der Waals surface area (Å²) in [4.78, 5) is 30.7. The number of amides is 2. The monoisotopic (exact) mass is 358 g/mol. The van der Waals surface area contributed by atoms with Crippen LogP contribution in [0, 0.1) is 6.92 Å². The van der Waals surface area contributed by atoms with E-state index in [1.54, 1.807) is 16.9 Å². The van der Waals surface area contributed by atoms with Crippen LogP contribution >= 0.6 is 0 Å². The summed E-state index contributed by atoms with van der Waals surface area (Å²) >= 11 is 0. The summed E-state index contributed by atoms with van der Waals surface area (Å²) in [5.41, 5.74) is 1.61. The van der Waals surface area contributed by atoms with Gasteiger partial charge >= 0.3 is 0 Å². The van der Waals surface area contributed by atoms with Gasteiger partial charge in [-0.05, 0) is 33.6 Å². The lowest BCUT2D eigenvalue weighted by Gasteiger charge is -2.27. The highest BCUT2D eigenvalue weighted by atomic mass is 16.2. The Balaban J connectivity index is 1.52. The summed E-state index contributed by atoms with van der Waals surface area (Å²) in [6.45, 7) is 8.18. The van der Waals surface area contributed by atoms with E-state index < -0.39 is 5.54 Å². The van der Waals surface area contributed by atoms with Crippen molar-refractivity contribution in [1.29, 1.82) is 0 Å². The van der Waals surface area contributed by atoms with Crippen LogP contribution in [0.1, 0.15) is 42.7 Å². The van der Waals surface area contributed by atoms with Gasteiger partial charge in [0.25, 0.3) is 5.91 Å². The van der Waals surface area contributed by atoms with Gasteiger partial charge in [0.2, 0.25) is 5.91 Å². The molecule has 0 unspecified atom stereocenters. The zero-order valence-electron chi connectivity index (χ0n) is 15.6. The third-order valence-electron chi connectivity index (χ3n) is 4.57. The number of aryl methyl sites for hydroxylation is 1. The molecule has 8 nitrogen and oxygen atoms in total. The normalized spacial score (nSPS) is 14.8. The van der Waals surface area contributed by atoms with E-state index in [-0.39, 0.29) is 18.4 Å². The number of carbonyl (C=O) groups excluding carboxylic acids is 2. The third-order valence-corrected chi connectivity index (χ3v) is 4.57. The molecule has 2 amide bonds. The number of nitrogens with zero attached hydrogens (tertiary/aromatic N) is 4. The fourth-order valence-electron chi connectivity index (χ4n) is 2.97. The molecule has 1 aliphatic rings. The number of hydrogen-bond donors (Lipinski definition) is 2. The molecule has 26 heavy (non-hydrogen) atoms. The predicted octanol–water partition coefficient (Wildman–Crippen LogP) is 0.758. The van der Waals surface area contributed by atoms with Gasteiger partial charge < -0.3 is 15.5 Å². The second kappa shape index (κ2) is 7.41. The highest BCUT2D eigenvalue weighted by molar-refractivity contribution is 5.93. The molecule has 8 heteroatoms. The topological polar surface area (TPSA) is 91.6 Å². The molecule has 1 fully saturated rings. The average molecular weight is 358 g/mol. The molecule has 0 atom stereocenters. The van der Waals surface area contributed by atoms with E-state index in [9.17, 15) is 9.59 Å². The Morgan fingerprint density at radius 3 is 2.73 bits per heavy atom. The van der Waals surface area contributed by atoms with Crippen molar-refractivity contribution in [2.75, 3.05) is 26.2 Å². The van der Waals surface area contributed by atoms with Crippen molar-refractivity contribution in [3.63, 3.8) is 0 Å². The molecular weight excluding hydrogens is 332 g/mol. The van der Waals surface area contributed by atoms with Gasteiger partial charge in [-0.15, -0.1) is 0 Å². The maximum atomic E-state index is 12.4. The van der Waals surface area contributed by atoms with Crippen LogP contribution in [0.5, 0.6) is 0 Å². The molecule has 2 aromatic rings. The average Bonchev–Trinajstić information content (AvgIpc) is 3.25. The molecule has 1 saturated heterocycles. The Labute approximate surface area is 153 Å². The molecule has 0 spiro atoms. The van der Waals surface area contributed by atoms with E-state index in [0.717, 1.165) is 31.6 Å². The summed E-state index contributed by atoms with van der Waals surface area (Å²) in [7, 11) is 0. The quantitative estimate of drug-likeness (QED) is 0.795. The first kappa shape index (κ1) is 18.3. The van der Waals surface area contributed by atoms with Gasteiger partial charge in [-0.3, -0.25) is 9.59 Å². The summed E-state index contributed by atoms with van der Waals surface area (Å²) in [5, 5.41) is 10.4. The summed E-state index contributed by atoms with van der Waals surface area (Å²) < 4.78 is 1.60. The lowest BCUT2D eigenvalue weighted by molar-refractivity contribution is -0.129. The van der Waals surface area contributed by atoms with Crippen LogP contribution in [0.3, 0.4) is 0 Å². The van der Waals surface area contributed by atoms with E-state index in [1.165, 1.54) is 0 Å². The first-order valence-corrected chi connectivity index (χ1v) is 8.97. The number of aromatic nitrogens is 3. The van der Waals surface area contributed by atoms with Gasteiger partial charge in [-0.1, -0.05) is 0 Å². The standard InChI is InChI=1S/C18H26N6O2/c1-13-8-15-19-9-14(11-24(15)22-13)17(26)20-12-18(2,3)21-10-16(25)23-6-4-5-7-23/h8-9,11,21H,4-7,10,12H2,1-3H3,(H,20,26). The smallest absolute Gasteiger partial charge is 0.254 e. The third kappa shape index (κ3) is 4.37. The molecule has 0 bridgehead atoms. The summed E-state index contributed by atoms with van der Waals surface area (Å²) in [6, 6.07) is 1.85. The molecule has 2 N–H and O–H groups in total. The maximum absolute atomic E-state index is 12.4. The number of rotatable bonds is 6. The van der Waals surface area contributed by atoms with Crippen LogP contribution in [-0.4, -0.2) is 63.0 Å². The second-order valence-electron chi connectivity index (χ2n) is 7.44. The van der Waals surface area contributed by atoms with Crippen molar-refractivity contribution in [3.8, 4) is 0 Å². The Bertz CT molecular complexity index is 807. The fourth-order valence-corrected chi connectivity index (χ4v) is 2.97. The maximum Gasteiger partial charge on any atom is 0.254 e. The molecule has 0 saturated carbocycles. The number of likely N-dealkylation sites (tertiary alicyclic amines) is 1. The van der Waals surface area contributed by atoms with Gasteiger partial charge in [0.15, 0.2) is 5.65 Å². The van der Waals surface area contributed by atoms with Crippen LogP contribution in [0.25, 0.3) is 5.65 Å². The van der Waals surface area contributed by atoms with Crippen molar-refractivity contribution in [2.45, 2.75) is 39.2 Å². The van der Waals surface area contributed by atoms with Gasteiger partial charge in [-0.25, -0.2) is 9.50 Å². The van der Waals surface area contributed by atoms with Crippen LogP contribution < -0.4 is 10.6 Å². The number of nitrogens with one attached hydrogen (secondary N) is 2. The van der Waals surface area contributed by atoms with Crippen molar-refractivity contribution >= 4 is 17.5 Å². The number of fused-ring (bicyclic) bond motifs is 1. The minimum absolute atomic E-state index is 0.116. The van der Waals surface area contributed by atoms with Crippen molar-refractivity contribution < 1.29 is 9.59 Å². The van der Waals surface area contributed by atoms with Crippen molar-refractivity contribution in [1.82, 2.24) is 30.1 Å². The molecule has 3 rings (SSSR count). The minimum Gasteiger partial charge on any atom is -0.350 e. The van der Waals surface area contributed by atoms with E-state index in [1.807, 2.05) is 31.7 Å². The number of hydrogen-bond acceptors (Lipinski definition) is 5. The molecule has 3 heterocycles. The summed E-state index contributed by atoms with van der Waals surface area (Å²) in [5.74, 6) is -0.0982. The second-order valence-corrected chi connectivity index (χ2v) is 7.44. The molecule has 0 aromatic carbocycles. The van der Waals surface area contributed by atoms with Gasteiger partial charge in [-0.2, -0.15) is 5.10 Å².